The molecular formula is C31H48N2O3. The minimum Gasteiger partial charge on any atom is -0.485 e. The Bertz CT molecular complexity index is 1060. The van der Waals surface area contributed by atoms with Crippen LogP contribution in [0, 0.1) is 0 Å². The summed E-state index contributed by atoms with van der Waals surface area (Å²) in [7, 11) is 0. The van der Waals surface area contributed by atoms with E-state index in [4.69, 9.17) is 15.2 Å². The van der Waals surface area contributed by atoms with Gasteiger partial charge in [0, 0.05) is 17.6 Å². The SMILES string of the molecule is CCCCCCOc1c(OC/C=C(\C)CCC=C(C)C)c2ccc(N)cc2n(CCCCCC)c1=O. The Hall–Kier alpha value is -2.69. The van der Waals surface area contributed by atoms with Crippen molar-refractivity contribution in [3.63, 3.8) is 0 Å². The quantitative estimate of drug-likeness (QED) is 0.136. The van der Waals surface area contributed by atoms with Gasteiger partial charge in [0.05, 0.1) is 12.1 Å². The molecule has 5 heteroatoms. The molecule has 0 unspecified atom stereocenters. The van der Waals surface area contributed by atoms with E-state index in [1.165, 1.54) is 17.6 Å². The highest BCUT2D eigenvalue weighted by Gasteiger charge is 2.20. The van der Waals surface area contributed by atoms with Crippen molar-refractivity contribution in [1.82, 2.24) is 4.57 Å². The molecule has 200 valence electrons. The van der Waals surface area contributed by atoms with Crippen LogP contribution in [0.5, 0.6) is 11.5 Å². The molecule has 0 radical (unpaired) electrons. The van der Waals surface area contributed by atoms with Crippen LogP contribution in [0.25, 0.3) is 10.9 Å². The van der Waals surface area contributed by atoms with Crippen LogP contribution < -0.4 is 20.8 Å². The number of ether oxygens (including phenoxy) is 2. The molecule has 1 aromatic carbocycles. The summed E-state index contributed by atoms with van der Waals surface area (Å²) in [4.78, 5) is 13.7. The number of hydrogen-bond donors (Lipinski definition) is 1. The van der Waals surface area contributed by atoms with Crippen molar-refractivity contribution in [2.75, 3.05) is 18.9 Å². The number of fused-ring (bicyclic) bond motifs is 1. The third kappa shape index (κ3) is 9.40. The maximum absolute atomic E-state index is 13.7. The van der Waals surface area contributed by atoms with Crippen LogP contribution in [0.2, 0.25) is 0 Å². The number of aromatic nitrogens is 1. The molecule has 2 aromatic rings. The van der Waals surface area contributed by atoms with Gasteiger partial charge in [-0.05, 0) is 70.7 Å². The van der Waals surface area contributed by atoms with Crippen molar-refractivity contribution >= 4 is 16.6 Å². The lowest BCUT2D eigenvalue weighted by Gasteiger charge is -2.19. The summed E-state index contributed by atoms with van der Waals surface area (Å²) >= 11 is 0. The normalized spacial score (nSPS) is 11.6. The number of nitrogens with zero attached hydrogens (tertiary/aromatic N) is 1. The van der Waals surface area contributed by atoms with Gasteiger partial charge < -0.3 is 19.8 Å². The van der Waals surface area contributed by atoms with Crippen molar-refractivity contribution in [3.05, 3.63) is 51.9 Å². The molecule has 0 atom stereocenters. The summed E-state index contributed by atoms with van der Waals surface area (Å²) in [6.45, 7) is 12.3. The summed E-state index contributed by atoms with van der Waals surface area (Å²) in [5.74, 6) is 0.860. The number of benzene rings is 1. The van der Waals surface area contributed by atoms with Gasteiger partial charge in [0.25, 0.3) is 5.56 Å². The number of nitrogens with two attached hydrogens (primary N) is 1. The molecule has 2 rings (SSSR count). The van der Waals surface area contributed by atoms with E-state index in [-0.39, 0.29) is 5.56 Å². The first-order valence-electron chi connectivity index (χ1n) is 13.9. The van der Waals surface area contributed by atoms with Crippen LogP contribution in [-0.2, 0) is 6.54 Å². The molecule has 1 aromatic heterocycles. The Labute approximate surface area is 218 Å². The highest BCUT2D eigenvalue weighted by atomic mass is 16.5. The van der Waals surface area contributed by atoms with Crippen LogP contribution in [-0.4, -0.2) is 17.8 Å². The second-order valence-electron chi connectivity index (χ2n) is 10.0. The lowest BCUT2D eigenvalue weighted by Crippen LogP contribution is -2.24. The largest absolute Gasteiger partial charge is 0.485 e. The van der Waals surface area contributed by atoms with Gasteiger partial charge in [-0.1, -0.05) is 69.6 Å². The zero-order valence-corrected chi connectivity index (χ0v) is 23.3. The van der Waals surface area contributed by atoms with Gasteiger partial charge in [0.15, 0.2) is 5.75 Å². The Kier molecular flexibility index (Phi) is 13.2. The third-order valence-corrected chi connectivity index (χ3v) is 6.43. The van der Waals surface area contributed by atoms with E-state index in [9.17, 15) is 4.79 Å². The van der Waals surface area contributed by atoms with E-state index in [2.05, 4.69) is 46.8 Å². The highest BCUT2D eigenvalue weighted by Crippen LogP contribution is 2.34. The van der Waals surface area contributed by atoms with Gasteiger partial charge >= 0.3 is 0 Å². The number of rotatable bonds is 17. The first-order chi connectivity index (χ1) is 17.4. The number of unbranched alkanes of at least 4 members (excludes halogenated alkanes) is 6. The van der Waals surface area contributed by atoms with E-state index in [1.807, 2.05) is 22.8 Å². The maximum atomic E-state index is 13.7. The van der Waals surface area contributed by atoms with E-state index in [0.717, 1.165) is 68.7 Å². The van der Waals surface area contributed by atoms with Gasteiger partial charge in [0.1, 0.15) is 6.61 Å². The van der Waals surface area contributed by atoms with Gasteiger partial charge in [0.2, 0.25) is 5.75 Å². The van der Waals surface area contributed by atoms with E-state index < -0.39 is 0 Å². The molecule has 0 saturated carbocycles. The van der Waals surface area contributed by atoms with Gasteiger partial charge in [-0.3, -0.25) is 4.79 Å². The average molecular weight is 497 g/mol. The summed E-state index contributed by atoms with van der Waals surface area (Å²) in [5, 5.41) is 0.874. The van der Waals surface area contributed by atoms with Crippen LogP contribution in [0.4, 0.5) is 5.69 Å². The standard InChI is InChI=1S/C31H48N2O3/c1-6-8-10-12-20-33-28-23-26(32)17-18-27(28)29(30(31(33)34)35-21-13-11-9-7-2)36-22-19-25(5)16-14-15-24(3)4/h15,17-19,23H,6-14,16,20-22,32H2,1-5H3/b25-19+. The first-order valence-corrected chi connectivity index (χ1v) is 13.9. The zero-order valence-electron chi connectivity index (χ0n) is 23.3. The van der Waals surface area contributed by atoms with Crippen LogP contribution in [0.1, 0.15) is 98.8 Å². The lowest BCUT2D eigenvalue weighted by atomic mass is 10.1. The first kappa shape index (κ1) is 29.5. The van der Waals surface area contributed by atoms with Crippen molar-refractivity contribution in [2.24, 2.45) is 0 Å². The zero-order chi connectivity index (χ0) is 26.3. The molecule has 0 saturated heterocycles. The molecule has 5 nitrogen and oxygen atoms in total. The Morgan fingerprint density at radius 3 is 2.33 bits per heavy atom. The molecule has 0 aliphatic heterocycles. The monoisotopic (exact) mass is 496 g/mol. The number of hydrogen-bond acceptors (Lipinski definition) is 4. The molecule has 0 aliphatic carbocycles. The average Bonchev–Trinajstić information content (AvgIpc) is 2.84. The second kappa shape index (κ2) is 16.1. The second-order valence-corrected chi connectivity index (χ2v) is 10.0. The topological polar surface area (TPSA) is 66.5 Å². The lowest BCUT2D eigenvalue weighted by molar-refractivity contribution is 0.272. The van der Waals surface area contributed by atoms with Crippen molar-refractivity contribution in [2.45, 2.75) is 105 Å². The molecule has 36 heavy (non-hydrogen) atoms. The van der Waals surface area contributed by atoms with Gasteiger partial charge in [-0.15, -0.1) is 0 Å². The van der Waals surface area contributed by atoms with E-state index in [0.29, 0.717) is 36.9 Å². The Morgan fingerprint density at radius 2 is 1.64 bits per heavy atom. The number of allylic oxidation sites excluding steroid dienone is 3. The molecule has 0 amide bonds. The fourth-order valence-corrected chi connectivity index (χ4v) is 4.27. The van der Waals surface area contributed by atoms with Crippen molar-refractivity contribution in [1.29, 1.82) is 0 Å². The van der Waals surface area contributed by atoms with Crippen LogP contribution >= 0.6 is 0 Å². The summed E-state index contributed by atoms with van der Waals surface area (Å²) in [6.07, 6.45) is 15.1. The number of pyridine rings is 1. The smallest absolute Gasteiger partial charge is 0.297 e. The van der Waals surface area contributed by atoms with Crippen molar-refractivity contribution < 1.29 is 9.47 Å². The summed E-state index contributed by atoms with van der Waals surface area (Å²) in [5.41, 5.74) is 10.1. The third-order valence-electron chi connectivity index (χ3n) is 6.43. The number of aryl methyl sites for hydroxylation is 1. The fourth-order valence-electron chi connectivity index (χ4n) is 4.27. The van der Waals surface area contributed by atoms with Crippen LogP contribution in [0.15, 0.2) is 46.3 Å². The number of anilines is 1. The predicted octanol–water partition coefficient (Wildman–Crippen LogP) is 8.19. The van der Waals surface area contributed by atoms with E-state index in [1.54, 1.807) is 0 Å². The molecule has 0 aliphatic rings. The maximum Gasteiger partial charge on any atom is 0.297 e. The molecule has 2 N–H and O–H groups in total. The number of nitrogen functional groups attached to an aromatic ring is 1. The van der Waals surface area contributed by atoms with Gasteiger partial charge in [-0.25, -0.2) is 0 Å². The summed E-state index contributed by atoms with van der Waals surface area (Å²) in [6, 6.07) is 5.71. The molecule has 0 spiro atoms. The van der Waals surface area contributed by atoms with Crippen LogP contribution in [0.3, 0.4) is 0 Å². The minimum absolute atomic E-state index is 0.126. The fraction of sp³-hybridized carbons (Fsp3) is 0.581. The highest BCUT2D eigenvalue weighted by molar-refractivity contribution is 5.90. The molecule has 0 fully saturated rings. The molecule has 1 heterocycles. The van der Waals surface area contributed by atoms with Gasteiger partial charge in [-0.2, -0.15) is 0 Å². The molecule has 0 bridgehead atoms. The summed E-state index contributed by atoms with van der Waals surface area (Å²) < 4.78 is 14.3. The van der Waals surface area contributed by atoms with E-state index >= 15 is 0 Å². The Morgan fingerprint density at radius 1 is 0.917 bits per heavy atom. The molecular weight excluding hydrogens is 448 g/mol. The van der Waals surface area contributed by atoms with Crippen molar-refractivity contribution in [3.8, 4) is 11.5 Å². The Balaban J connectivity index is 2.39. The predicted molar refractivity (Wildman–Crippen MR) is 154 cm³/mol. The minimum atomic E-state index is -0.126.